The van der Waals surface area contributed by atoms with E-state index in [2.05, 4.69) is 0 Å². The molecule has 1 heterocycles. The van der Waals surface area contributed by atoms with E-state index in [0.29, 0.717) is 35.6 Å². The second-order valence-electron chi connectivity index (χ2n) is 6.45. The highest BCUT2D eigenvalue weighted by Gasteiger charge is 2.39. The van der Waals surface area contributed by atoms with Gasteiger partial charge < -0.3 is 4.74 Å². The van der Waals surface area contributed by atoms with E-state index in [4.69, 9.17) is 4.74 Å². The molecule has 4 nitrogen and oxygen atoms in total. The zero-order valence-corrected chi connectivity index (χ0v) is 13.7. The van der Waals surface area contributed by atoms with Gasteiger partial charge in [0.2, 0.25) is 10.0 Å². The first-order valence-electron chi connectivity index (χ1n) is 7.57. The average molecular weight is 309 g/mol. The fourth-order valence-electron chi connectivity index (χ4n) is 3.62. The molecule has 3 rings (SSSR count). The predicted molar refractivity (Wildman–Crippen MR) is 82.1 cm³/mol. The Morgan fingerprint density at radius 3 is 2.24 bits per heavy atom. The molecule has 1 saturated carbocycles. The van der Waals surface area contributed by atoms with Crippen LogP contribution in [0.2, 0.25) is 0 Å². The SMILES string of the molecule is COc1cc(C)c(C)cc1S(=O)(=O)N1C[C@@H]2CC[C@@H](C2)C1. The summed E-state index contributed by atoms with van der Waals surface area (Å²) in [7, 11) is -1.93. The van der Waals surface area contributed by atoms with Crippen molar-refractivity contribution >= 4 is 10.0 Å². The minimum Gasteiger partial charge on any atom is -0.495 e. The number of piperidine rings is 1. The Kier molecular flexibility index (Phi) is 3.74. The lowest BCUT2D eigenvalue weighted by molar-refractivity contribution is 0.260. The summed E-state index contributed by atoms with van der Waals surface area (Å²) in [6.07, 6.45) is 3.53. The largest absolute Gasteiger partial charge is 0.495 e. The van der Waals surface area contributed by atoms with Gasteiger partial charge in [-0.15, -0.1) is 0 Å². The summed E-state index contributed by atoms with van der Waals surface area (Å²) >= 11 is 0. The Balaban J connectivity index is 2.00. The van der Waals surface area contributed by atoms with Crippen LogP contribution < -0.4 is 4.74 Å². The van der Waals surface area contributed by atoms with E-state index in [-0.39, 0.29) is 0 Å². The van der Waals surface area contributed by atoms with Crippen LogP contribution in [0.1, 0.15) is 30.4 Å². The number of sulfonamides is 1. The highest BCUT2D eigenvalue weighted by Crippen LogP contribution is 2.39. The lowest BCUT2D eigenvalue weighted by Crippen LogP contribution is -2.40. The third-order valence-corrected chi connectivity index (χ3v) is 6.82. The van der Waals surface area contributed by atoms with Crippen molar-refractivity contribution in [3.8, 4) is 5.75 Å². The summed E-state index contributed by atoms with van der Waals surface area (Å²) in [6, 6.07) is 3.57. The van der Waals surface area contributed by atoms with E-state index in [9.17, 15) is 8.42 Å². The van der Waals surface area contributed by atoms with Crippen molar-refractivity contribution in [2.75, 3.05) is 20.2 Å². The van der Waals surface area contributed by atoms with Crippen LogP contribution in [0.5, 0.6) is 5.75 Å². The van der Waals surface area contributed by atoms with E-state index in [1.54, 1.807) is 10.4 Å². The molecule has 0 amide bonds. The minimum absolute atomic E-state index is 0.314. The molecule has 1 aliphatic heterocycles. The predicted octanol–water partition coefficient (Wildman–Crippen LogP) is 2.73. The molecule has 1 aliphatic carbocycles. The summed E-state index contributed by atoms with van der Waals surface area (Å²) in [5, 5.41) is 0. The highest BCUT2D eigenvalue weighted by molar-refractivity contribution is 7.89. The van der Waals surface area contributed by atoms with Crippen LogP contribution in [-0.4, -0.2) is 32.9 Å². The second-order valence-corrected chi connectivity index (χ2v) is 8.36. The molecule has 1 saturated heterocycles. The van der Waals surface area contributed by atoms with Crippen LogP contribution in [0.25, 0.3) is 0 Å². The molecule has 0 unspecified atom stereocenters. The summed E-state index contributed by atoms with van der Waals surface area (Å²) < 4.78 is 33.0. The van der Waals surface area contributed by atoms with Gasteiger partial charge in [-0.25, -0.2) is 8.42 Å². The third-order valence-electron chi connectivity index (χ3n) is 4.97. The normalized spacial score (nSPS) is 26.0. The number of aryl methyl sites for hydroxylation is 2. The molecule has 2 fully saturated rings. The molecule has 1 aromatic rings. The third kappa shape index (κ3) is 2.57. The Morgan fingerprint density at radius 2 is 1.67 bits per heavy atom. The highest BCUT2D eigenvalue weighted by atomic mass is 32.2. The number of benzene rings is 1. The van der Waals surface area contributed by atoms with Crippen molar-refractivity contribution in [2.24, 2.45) is 11.8 Å². The fourth-order valence-corrected chi connectivity index (χ4v) is 5.43. The van der Waals surface area contributed by atoms with Gasteiger partial charge in [-0.05, 0) is 68.2 Å². The molecule has 0 radical (unpaired) electrons. The van der Waals surface area contributed by atoms with Gasteiger partial charge in [0.15, 0.2) is 0 Å². The number of fused-ring (bicyclic) bond motifs is 2. The molecule has 1 aromatic carbocycles. The Bertz CT molecular complexity index is 642. The van der Waals surface area contributed by atoms with Gasteiger partial charge in [0.05, 0.1) is 7.11 Å². The lowest BCUT2D eigenvalue weighted by atomic mass is 10.0. The van der Waals surface area contributed by atoms with Crippen LogP contribution in [-0.2, 0) is 10.0 Å². The number of hydrogen-bond acceptors (Lipinski definition) is 3. The molecule has 2 atom stereocenters. The van der Waals surface area contributed by atoms with Gasteiger partial charge in [0.25, 0.3) is 0 Å². The number of nitrogens with zero attached hydrogens (tertiary/aromatic N) is 1. The van der Waals surface area contributed by atoms with Gasteiger partial charge >= 0.3 is 0 Å². The first-order valence-corrected chi connectivity index (χ1v) is 9.01. The maximum atomic E-state index is 13.0. The van der Waals surface area contributed by atoms with Gasteiger partial charge in [0, 0.05) is 13.1 Å². The van der Waals surface area contributed by atoms with Crippen LogP contribution in [0.4, 0.5) is 0 Å². The van der Waals surface area contributed by atoms with Gasteiger partial charge in [-0.3, -0.25) is 0 Å². The van der Waals surface area contributed by atoms with Crippen molar-refractivity contribution in [1.29, 1.82) is 0 Å². The molecule has 0 spiro atoms. The van der Waals surface area contributed by atoms with E-state index in [0.717, 1.165) is 11.1 Å². The van der Waals surface area contributed by atoms with Crippen LogP contribution >= 0.6 is 0 Å². The average Bonchev–Trinajstić information content (AvgIpc) is 2.79. The molecule has 0 aromatic heterocycles. The van der Waals surface area contributed by atoms with Gasteiger partial charge in [-0.1, -0.05) is 0 Å². The van der Waals surface area contributed by atoms with Crippen LogP contribution in [0, 0.1) is 25.7 Å². The number of methoxy groups -OCH3 is 1. The van der Waals surface area contributed by atoms with Crippen LogP contribution in [0.3, 0.4) is 0 Å². The summed E-state index contributed by atoms with van der Waals surface area (Å²) in [6.45, 7) is 5.23. The van der Waals surface area contributed by atoms with E-state index in [1.807, 2.05) is 19.9 Å². The smallest absolute Gasteiger partial charge is 0.246 e. The van der Waals surface area contributed by atoms with Crippen molar-refractivity contribution in [3.63, 3.8) is 0 Å². The van der Waals surface area contributed by atoms with E-state index >= 15 is 0 Å². The number of ether oxygens (including phenoxy) is 1. The molecule has 2 bridgehead atoms. The second kappa shape index (κ2) is 5.29. The number of hydrogen-bond donors (Lipinski definition) is 0. The summed E-state index contributed by atoms with van der Waals surface area (Å²) in [4.78, 5) is 0.314. The Hall–Kier alpha value is -1.07. The first kappa shape index (κ1) is 14.9. The zero-order chi connectivity index (χ0) is 15.2. The van der Waals surface area contributed by atoms with E-state index in [1.165, 1.54) is 26.4 Å². The number of rotatable bonds is 3. The minimum atomic E-state index is -3.46. The lowest BCUT2D eigenvalue weighted by Gasteiger charge is -2.31. The molecular weight excluding hydrogens is 286 g/mol. The quantitative estimate of drug-likeness (QED) is 0.862. The topological polar surface area (TPSA) is 46.6 Å². The Morgan fingerprint density at radius 1 is 1.10 bits per heavy atom. The molecule has 21 heavy (non-hydrogen) atoms. The molecule has 116 valence electrons. The molecule has 5 heteroatoms. The molecular formula is C16H23NO3S. The van der Waals surface area contributed by atoms with Crippen LogP contribution in [0.15, 0.2) is 17.0 Å². The van der Waals surface area contributed by atoms with Crippen molar-refractivity contribution in [2.45, 2.75) is 38.0 Å². The molecule has 2 aliphatic rings. The summed E-state index contributed by atoms with van der Waals surface area (Å²) in [5.74, 6) is 1.53. The molecule has 0 N–H and O–H groups in total. The van der Waals surface area contributed by atoms with Gasteiger partial charge in [-0.2, -0.15) is 4.31 Å². The monoisotopic (exact) mass is 309 g/mol. The Labute approximate surface area is 127 Å². The first-order chi connectivity index (χ1) is 9.91. The maximum Gasteiger partial charge on any atom is 0.246 e. The van der Waals surface area contributed by atoms with E-state index < -0.39 is 10.0 Å². The van der Waals surface area contributed by atoms with Gasteiger partial charge in [0.1, 0.15) is 10.6 Å². The fraction of sp³-hybridized carbons (Fsp3) is 0.625. The standard InChI is InChI=1S/C16H23NO3S/c1-11-6-15(20-3)16(7-12(11)2)21(18,19)17-9-13-4-5-14(8-13)10-17/h6-7,13-14H,4-5,8-10H2,1-3H3/t13-,14+. The van der Waals surface area contributed by atoms with Crippen molar-refractivity contribution in [3.05, 3.63) is 23.3 Å². The maximum absolute atomic E-state index is 13.0. The zero-order valence-electron chi connectivity index (χ0n) is 12.9. The summed E-state index contributed by atoms with van der Waals surface area (Å²) in [5.41, 5.74) is 2.03. The van der Waals surface area contributed by atoms with Crippen molar-refractivity contribution in [1.82, 2.24) is 4.31 Å². The van der Waals surface area contributed by atoms with Crippen molar-refractivity contribution < 1.29 is 13.2 Å².